The van der Waals surface area contributed by atoms with E-state index in [0.29, 0.717) is 12.2 Å². The molecule has 0 saturated heterocycles. The first-order valence-electron chi connectivity index (χ1n) is 6.05. The van der Waals surface area contributed by atoms with E-state index in [4.69, 9.17) is 4.74 Å². The second-order valence-electron chi connectivity index (χ2n) is 4.34. The highest BCUT2D eigenvalue weighted by Gasteiger charge is 2.07. The van der Waals surface area contributed by atoms with Gasteiger partial charge >= 0.3 is 5.97 Å². The normalized spacial score (nSPS) is 11.8. The third-order valence-electron chi connectivity index (χ3n) is 2.84. The molecule has 3 heteroatoms. The minimum absolute atomic E-state index is 0.264. The maximum Gasteiger partial charge on any atom is 0.333 e. The summed E-state index contributed by atoms with van der Waals surface area (Å²) in [4.78, 5) is 14.8. The first-order valence-corrected chi connectivity index (χ1v) is 6.05. The number of ether oxygens (including phenoxy) is 1. The standard InChI is InChI=1S/C15H17NO2/c1-4-18-15(17)11(3)8-12-9-16-14-6-5-10(2)7-13(12)14/h5-9,16H,4H2,1-3H3/b11-8+. The second kappa shape index (κ2) is 5.08. The van der Waals surface area contributed by atoms with Crippen molar-refractivity contribution in [3.63, 3.8) is 0 Å². The van der Waals surface area contributed by atoms with E-state index in [-0.39, 0.29) is 5.97 Å². The van der Waals surface area contributed by atoms with Crippen molar-refractivity contribution in [2.24, 2.45) is 0 Å². The summed E-state index contributed by atoms with van der Waals surface area (Å²) in [5.41, 5.74) is 3.90. The second-order valence-corrected chi connectivity index (χ2v) is 4.34. The van der Waals surface area contributed by atoms with Crippen molar-refractivity contribution in [1.82, 2.24) is 4.98 Å². The van der Waals surface area contributed by atoms with Gasteiger partial charge in [0.1, 0.15) is 0 Å². The Hall–Kier alpha value is -2.03. The first-order chi connectivity index (χ1) is 8.61. The molecule has 18 heavy (non-hydrogen) atoms. The zero-order valence-electron chi connectivity index (χ0n) is 10.9. The number of hydrogen-bond donors (Lipinski definition) is 1. The number of nitrogens with one attached hydrogen (secondary N) is 1. The van der Waals surface area contributed by atoms with Crippen LogP contribution in [0.2, 0.25) is 0 Å². The number of aromatic nitrogens is 1. The van der Waals surface area contributed by atoms with Crippen molar-refractivity contribution < 1.29 is 9.53 Å². The lowest BCUT2D eigenvalue weighted by molar-refractivity contribution is -0.138. The van der Waals surface area contributed by atoms with E-state index in [1.54, 1.807) is 13.8 Å². The molecule has 0 aliphatic carbocycles. The van der Waals surface area contributed by atoms with Gasteiger partial charge in [0.2, 0.25) is 0 Å². The fourth-order valence-corrected chi connectivity index (χ4v) is 1.91. The molecule has 3 nitrogen and oxygen atoms in total. The molecule has 0 radical (unpaired) electrons. The molecular weight excluding hydrogens is 226 g/mol. The molecule has 0 aliphatic heterocycles. The lowest BCUT2D eigenvalue weighted by atomic mass is 10.1. The van der Waals surface area contributed by atoms with E-state index < -0.39 is 0 Å². The van der Waals surface area contributed by atoms with Crippen LogP contribution in [0.3, 0.4) is 0 Å². The molecule has 1 aromatic heterocycles. The van der Waals surface area contributed by atoms with Crippen molar-refractivity contribution in [2.45, 2.75) is 20.8 Å². The Morgan fingerprint density at radius 2 is 2.22 bits per heavy atom. The Kier molecular flexibility index (Phi) is 3.51. The topological polar surface area (TPSA) is 42.1 Å². The minimum atomic E-state index is -0.264. The number of rotatable bonds is 3. The van der Waals surface area contributed by atoms with Crippen LogP contribution in [0.5, 0.6) is 0 Å². The molecule has 0 spiro atoms. The van der Waals surface area contributed by atoms with Gasteiger partial charge in [-0.2, -0.15) is 0 Å². The fourth-order valence-electron chi connectivity index (χ4n) is 1.91. The number of aryl methyl sites for hydroxylation is 1. The van der Waals surface area contributed by atoms with Crippen molar-refractivity contribution >= 4 is 22.9 Å². The van der Waals surface area contributed by atoms with Crippen LogP contribution >= 0.6 is 0 Å². The number of aromatic amines is 1. The van der Waals surface area contributed by atoms with Crippen molar-refractivity contribution in [3.05, 3.63) is 41.1 Å². The zero-order valence-corrected chi connectivity index (χ0v) is 10.9. The molecule has 0 bridgehead atoms. The highest BCUT2D eigenvalue weighted by molar-refractivity contribution is 5.97. The van der Waals surface area contributed by atoms with Crippen molar-refractivity contribution in [2.75, 3.05) is 6.61 Å². The van der Waals surface area contributed by atoms with Crippen LogP contribution < -0.4 is 0 Å². The first kappa shape index (κ1) is 12.4. The molecule has 1 heterocycles. The molecule has 2 rings (SSSR count). The van der Waals surface area contributed by atoms with E-state index in [0.717, 1.165) is 16.5 Å². The lowest BCUT2D eigenvalue weighted by Crippen LogP contribution is -2.04. The number of benzene rings is 1. The van der Waals surface area contributed by atoms with Gasteiger partial charge in [-0.05, 0) is 39.0 Å². The molecule has 0 fully saturated rings. The molecule has 0 saturated carbocycles. The summed E-state index contributed by atoms with van der Waals surface area (Å²) in [6.07, 6.45) is 3.77. The fraction of sp³-hybridized carbons (Fsp3) is 0.267. The summed E-state index contributed by atoms with van der Waals surface area (Å²) in [5.74, 6) is -0.264. The number of esters is 1. The number of carbonyl (C=O) groups is 1. The molecule has 2 aromatic rings. The van der Waals surface area contributed by atoms with E-state index >= 15 is 0 Å². The van der Waals surface area contributed by atoms with Crippen LogP contribution in [-0.2, 0) is 9.53 Å². The summed E-state index contributed by atoms with van der Waals surface area (Å²) in [7, 11) is 0. The molecule has 94 valence electrons. The number of carbonyl (C=O) groups excluding carboxylic acids is 1. The van der Waals surface area contributed by atoms with Gasteiger partial charge in [0, 0.05) is 28.2 Å². The van der Waals surface area contributed by atoms with Gasteiger partial charge in [0.15, 0.2) is 0 Å². The Balaban J connectivity index is 2.39. The quantitative estimate of drug-likeness (QED) is 0.662. The van der Waals surface area contributed by atoms with E-state index in [2.05, 4.69) is 24.0 Å². The third-order valence-corrected chi connectivity index (χ3v) is 2.84. The summed E-state index contributed by atoms with van der Waals surface area (Å²) < 4.78 is 4.97. The average Bonchev–Trinajstić information content (AvgIpc) is 2.72. The van der Waals surface area contributed by atoms with Gasteiger partial charge < -0.3 is 9.72 Å². The highest BCUT2D eigenvalue weighted by Crippen LogP contribution is 2.22. The van der Waals surface area contributed by atoms with Crippen LogP contribution in [-0.4, -0.2) is 17.6 Å². The van der Waals surface area contributed by atoms with Gasteiger partial charge in [-0.15, -0.1) is 0 Å². The predicted octanol–water partition coefficient (Wildman–Crippen LogP) is 3.44. The molecule has 0 aliphatic rings. The SMILES string of the molecule is CCOC(=O)/C(C)=C/c1c[nH]c2ccc(C)cc12. The van der Waals surface area contributed by atoms with Crippen molar-refractivity contribution in [3.8, 4) is 0 Å². The maximum absolute atomic E-state index is 11.6. The number of H-pyrrole nitrogens is 1. The molecule has 0 unspecified atom stereocenters. The Bertz CT molecular complexity index is 608. The van der Waals surface area contributed by atoms with Crippen molar-refractivity contribution in [1.29, 1.82) is 0 Å². The average molecular weight is 243 g/mol. The van der Waals surface area contributed by atoms with E-state index in [1.807, 2.05) is 18.3 Å². The van der Waals surface area contributed by atoms with Gasteiger partial charge in [-0.3, -0.25) is 0 Å². The summed E-state index contributed by atoms with van der Waals surface area (Å²) in [6.45, 7) is 6.03. The molecule has 0 amide bonds. The maximum atomic E-state index is 11.6. The zero-order chi connectivity index (χ0) is 13.1. The molecular formula is C15H17NO2. The van der Waals surface area contributed by atoms with Gasteiger partial charge in [0.25, 0.3) is 0 Å². The number of fused-ring (bicyclic) bond motifs is 1. The third kappa shape index (κ3) is 2.45. The molecule has 1 N–H and O–H groups in total. The predicted molar refractivity (Wildman–Crippen MR) is 73.3 cm³/mol. The smallest absolute Gasteiger partial charge is 0.333 e. The molecule has 0 atom stereocenters. The van der Waals surface area contributed by atoms with Crippen LogP contribution in [0.25, 0.3) is 17.0 Å². The monoisotopic (exact) mass is 243 g/mol. The minimum Gasteiger partial charge on any atom is -0.463 e. The summed E-state index contributed by atoms with van der Waals surface area (Å²) in [6, 6.07) is 6.21. The largest absolute Gasteiger partial charge is 0.463 e. The highest BCUT2D eigenvalue weighted by atomic mass is 16.5. The van der Waals surface area contributed by atoms with Crippen LogP contribution in [0.15, 0.2) is 30.0 Å². The van der Waals surface area contributed by atoms with Crippen LogP contribution in [0, 0.1) is 6.92 Å². The Morgan fingerprint density at radius 1 is 1.44 bits per heavy atom. The summed E-state index contributed by atoms with van der Waals surface area (Å²) in [5, 5.41) is 1.12. The summed E-state index contributed by atoms with van der Waals surface area (Å²) >= 11 is 0. The van der Waals surface area contributed by atoms with Crippen LogP contribution in [0.4, 0.5) is 0 Å². The van der Waals surface area contributed by atoms with E-state index in [9.17, 15) is 4.79 Å². The Labute approximate surface area is 106 Å². The lowest BCUT2D eigenvalue weighted by Gasteiger charge is -2.01. The van der Waals surface area contributed by atoms with Gasteiger partial charge in [-0.1, -0.05) is 11.6 Å². The van der Waals surface area contributed by atoms with Gasteiger partial charge in [0.05, 0.1) is 6.61 Å². The Morgan fingerprint density at radius 3 is 2.94 bits per heavy atom. The molecule has 1 aromatic carbocycles. The van der Waals surface area contributed by atoms with E-state index in [1.165, 1.54) is 5.56 Å². The van der Waals surface area contributed by atoms with Gasteiger partial charge in [-0.25, -0.2) is 4.79 Å². The number of hydrogen-bond acceptors (Lipinski definition) is 2. The van der Waals surface area contributed by atoms with Crippen LogP contribution in [0.1, 0.15) is 25.0 Å².